The molecule has 0 unspecified atom stereocenters. The van der Waals surface area contributed by atoms with Crippen LogP contribution in [0.1, 0.15) is 45.8 Å². The molecule has 212 valence electrons. The van der Waals surface area contributed by atoms with E-state index in [9.17, 15) is 9.59 Å². The van der Waals surface area contributed by atoms with Gasteiger partial charge in [0, 0.05) is 63.3 Å². The van der Waals surface area contributed by atoms with Gasteiger partial charge in [0.15, 0.2) is 5.82 Å². The second-order valence-electron chi connectivity index (χ2n) is 11.2. The number of amides is 1. The average Bonchev–Trinajstić information content (AvgIpc) is 3.41. The van der Waals surface area contributed by atoms with Gasteiger partial charge in [-0.15, -0.1) is 11.3 Å². The Balaban J connectivity index is 1.12. The monoisotopic (exact) mass is 562 g/mol. The molecule has 11 heteroatoms. The fraction of sp³-hybridized carbons (Fsp3) is 0.517. The van der Waals surface area contributed by atoms with Gasteiger partial charge in [-0.25, -0.2) is 9.67 Å². The summed E-state index contributed by atoms with van der Waals surface area (Å²) in [5.74, 6) is 1.35. The summed E-state index contributed by atoms with van der Waals surface area (Å²) >= 11 is 1.65. The van der Waals surface area contributed by atoms with E-state index in [4.69, 9.17) is 0 Å². The molecule has 3 aliphatic rings. The highest BCUT2D eigenvalue weighted by atomic mass is 32.1. The Hall–Kier alpha value is -3.44. The second-order valence-corrected chi connectivity index (χ2v) is 12.3. The average molecular weight is 563 g/mol. The molecule has 6 rings (SSSR count). The zero-order chi connectivity index (χ0) is 27.6. The SMILES string of the molecule is CN1CCN(c2ccc(Nc3cc(N4CCC[C@@H](NC(=O)c5cc6c(s5)CCCC6)C4)nn(C)c3=O)nc2)CC1. The minimum absolute atomic E-state index is 0.0214. The van der Waals surface area contributed by atoms with Crippen LogP contribution in [0.2, 0.25) is 0 Å². The van der Waals surface area contributed by atoms with Crippen molar-refractivity contribution < 1.29 is 4.79 Å². The van der Waals surface area contributed by atoms with Crippen LogP contribution in [-0.4, -0.2) is 77.9 Å². The van der Waals surface area contributed by atoms with Crippen LogP contribution in [-0.2, 0) is 19.9 Å². The Morgan fingerprint density at radius 1 is 1.00 bits per heavy atom. The Morgan fingerprint density at radius 2 is 1.82 bits per heavy atom. The number of aryl methyl sites for hydroxylation is 3. The van der Waals surface area contributed by atoms with E-state index >= 15 is 0 Å². The van der Waals surface area contributed by atoms with Crippen molar-refractivity contribution in [3.63, 3.8) is 0 Å². The Kier molecular flexibility index (Phi) is 7.75. The number of thiophene rings is 1. The van der Waals surface area contributed by atoms with E-state index in [0.717, 1.165) is 69.0 Å². The maximum atomic E-state index is 13.1. The highest BCUT2D eigenvalue weighted by molar-refractivity contribution is 7.14. The summed E-state index contributed by atoms with van der Waals surface area (Å²) in [6, 6.07) is 7.89. The molecule has 10 nitrogen and oxygen atoms in total. The minimum atomic E-state index is -0.211. The molecular formula is C29H38N8O2S. The van der Waals surface area contributed by atoms with Crippen molar-refractivity contribution in [1.29, 1.82) is 0 Å². The van der Waals surface area contributed by atoms with E-state index in [2.05, 4.69) is 54.6 Å². The van der Waals surface area contributed by atoms with Crippen LogP contribution < -0.4 is 26.0 Å². The Morgan fingerprint density at radius 3 is 2.60 bits per heavy atom. The number of fused-ring (bicyclic) bond motifs is 1. The highest BCUT2D eigenvalue weighted by Crippen LogP contribution is 2.30. The van der Waals surface area contributed by atoms with Crippen molar-refractivity contribution in [1.82, 2.24) is 25.0 Å². The van der Waals surface area contributed by atoms with E-state index in [-0.39, 0.29) is 17.5 Å². The molecule has 0 aromatic carbocycles. The topological polar surface area (TPSA) is 98.6 Å². The van der Waals surface area contributed by atoms with Crippen molar-refractivity contribution in [3.8, 4) is 0 Å². The zero-order valence-corrected chi connectivity index (χ0v) is 24.2. The normalized spacial score (nSPS) is 19.8. The summed E-state index contributed by atoms with van der Waals surface area (Å²) in [6.45, 7) is 5.50. The number of nitrogens with zero attached hydrogens (tertiary/aromatic N) is 6. The first-order valence-electron chi connectivity index (χ1n) is 14.4. The molecule has 2 fully saturated rings. The van der Waals surface area contributed by atoms with Gasteiger partial charge in [0.05, 0.1) is 16.8 Å². The van der Waals surface area contributed by atoms with Gasteiger partial charge in [-0.05, 0) is 69.3 Å². The number of rotatable bonds is 6. The number of piperidine rings is 1. The molecule has 1 aliphatic carbocycles. The van der Waals surface area contributed by atoms with Crippen LogP contribution >= 0.6 is 11.3 Å². The summed E-state index contributed by atoms with van der Waals surface area (Å²) in [7, 11) is 3.81. The van der Waals surface area contributed by atoms with Gasteiger partial charge in [-0.2, -0.15) is 5.10 Å². The lowest BCUT2D eigenvalue weighted by Crippen LogP contribution is -2.48. The quantitative estimate of drug-likeness (QED) is 0.473. The number of aromatic nitrogens is 3. The van der Waals surface area contributed by atoms with Crippen molar-refractivity contribution in [2.45, 2.75) is 44.6 Å². The van der Waals surface area contributed by atoms with Gasteiger partial charge in [-0.1, -0.05) is 0 Å². The molecule has 5 heterocycles. The predicted octanol–water partition coefficient (Wildman–Crippen LogP) is 3.01. The molecule has 2 N–H and O–H groups in total. The fourth-order valence-corrected chi connectivity index (χ4v) is 7.01. The number of anilines is 4. The molecule has 40 heavy (non-hydrogen) atoms. The summed E-state index contributed by atoms with van der Waals surface area (Å²) in [5.41, 5.74) is 2.66. The summed E-state index contributed by atoms with van der Waals surface area (Å²) in [4.78, 5) is 39.6. The molecular weight excluding hydrogens is 524 g/mol. The molecule has 0 saturated carbocycles. The molecule has 2 saturated heterocycles. The Bertz CT molecular complexity index is 1390. The number of piperazine rings is 1. The maximum Gasteiger partial charge on any atom is 0.290 e. The van der Waals surface area contributed by atoms with E-state index in [0.29, 0.717) is 23.9 Å². The number of carbonyl (C=O) groups is 1. The molecule has 1 atom stereocenters. The van der Waals surface area contributed by atoms with Crippen LogP contribution in [0.4, 0.5) is 23.0 Å². The number of likely N-dealkylation sites (N-methyl/N-ethyl adjacent to an activating group) is 1. The molecule has 0 radical (unpaired) electrons. The van der Waals surface area contributed by atoms with Gasteiger partial charge in [0.2, 0.25) is 0 Å². The van der Waals surface area contributed by atoms with Crippen LogP contribution in [0.25, 0.3) is 0 Å². The molecule has 0 spiro atoms. The maximum absolute atomic E-state index is 13.1. The van der Waals surface area contributed by atoms with Crippen molar-refractivity contribution in [3.05, 3.63) is 56.1 Å². The number of pyridine rings is 1. The number of carbonyl (C=O) groups excluding carboxylic acids is 1. The highest BCUT2D eigenvalue weighted by Gasteiger charge is 2.25. The second kappa shape index (κ2) is 11.6. The van der Waals surface area contributed by atoms with E-state index < -0.39 is 0 Å². The van der Waals surface area contributed by atoms with Gasteiger partial charge < -0.3 is 25.3 Å². The third-order valence-electron chi connectivity index (χ3n) is 8.23. The van der Waals surface area contributed by atoms with Gasteiger partial charge in [0.1, 0.15) is 11.5 Å². The van der Waals surface area contributed by atoms with Crippen molar-refractivity contribution in [2.75, 3.05) is 61.4 Å². The zero-order valence-electron chi connectivity index (χ0n) is 23.4. The predicted molar refractivity (Wildman–Crippen MR) is 160 cm³/mol. The number of hydrogen-bond donors (Lipinski definition) is 2. The minimum Gasteiger partial charge on any atom is -0.368 e. The summed E-state index contributed by atoms with van der Waals surface area (Å²) in [6.07, 6.45) is 8.33. The third-order valence-corrected chi connectivity index (χ3v) is 9.47. The fourth-order valence-electron chi connectivity index (χ4n) is 5.85. The van der Waals surface area contributed by atoms with E-state index in [1.165, 1.54) is 28.0 Å². The lowest BCUT2D eigenvalue weighted by atomic mass is 9.99. The van der Waals surface area contributed by atoms with Crippen LogP contribution in [0.3, 0.4) is 0 Å². The van der Waals surface area contributed by atoms with Crippen molar-refractivity contribution >= 4 is 40.3 Å². The van der Waals surface area contributed by atoms with Gasteiger partial charge >= 0.3 is 0 Å². The summed E-state index contributed by atoms with van der Waals surface area (Å²) in [5, 5.41) is 11.0. The number of nitrogens with one attached hydrogen (secondary N) is 2. The number of hydrogen-bond acceptors (Lipinski definition) is 9. The van der Waals surface area contributed by atoms with Crippen LogP contribution in [0.15, 0.2) is 35.3 Å². The van der Waals surface area contributed by atoms with Gasteiger partial charge in [0.25, 0.3) is 11.5 Å². The molecule has 2 aliphatic heterocycles. The molecule has 3 aromatic rings. The van der Waals surface area contributed by atoms with Crippen LogP contribution in [0, 0.1) is 0 Å². The Labute approximate surface area is 239 Å². The largest absolute Gasteiger partial charge is 0.368 e. The van der Waals surface area contributed by atoms with Gasteiger partial charge in [-0.3, -0.25) is 9.59 Å². The van der Waals surface area contributed by atoms with E-state index in [1.54, 1.807) is 24.5 Å². The molecule has 0 bridgehead atoms. The lowest BCUT2D eigenvalue weighted by Gasteiger charge is -2.34. The molecule has 3 aromatic heterocycles. The standard InChI is InChI=1S/C29H38N8O2S/c1-34-12-14-36(15-13-34)22-9-10-26(30-18-22)32-23-17-27(33-35(2)29(23)39)37-11-5-7-21(19-37)31-28(38)25-16-20-6-3-4-8-24(20)40-25/h9-10,16-18,21H,3-8,11-15,19H2,1-2H3,(H,30,32)(H,31,38)/t21-/m1/s1. The molecule has 1 amide bonds. The lowest BCUT2D eigenvalue weighted by molar-refractivity contribution is 0.0937. The smallest absolute Gasteiger partial charge is 0.290 e. The third kappa shape index (κ3) is 5.85. The first kappa shape index (κ1) is 26.8. The van der Waals surface area contributed by atoms with Crippen LogP contribution in [0.5, 0.6) is 0 Å². The first-order chi connectivity index (χ1) is 19.4. The van der Waals surface area contributed by atoms with Crippen molar-refractivity contribution in [2.24, 2.45) is 7.05 Å². The van der Waals surface area contributed by atoms with E-state index in [1.807, 2.05) is 12.3 Å². The first-order valence-corrected chi connectivity index (χ1v) is 15.2. The summed E-state index contributed by atoms with van der Waals surface area (Å²) < 4.78 is 1.37.